The third-order valence-electron chi connectivity index (χ3n) is 3.19. The summed E-state index contributed by atoms with van der Waals surface area (Å²) >= 11 is 12.2. The summed E-state index contributed by atoms with van der Waals surface area (Å²) in [6.45, 7) is 0.326. The van der Waals surface area contributed by atoms with Gasteiger partial charge in [-0.1, -0.05) is 23.2 Å². The van der Waals surface area contributed by atoms with E-state index in [1.807, 2.05) is 0 Å². The number of aliphatic hydroxyl groups excluding tert-OH is 1. The fraction of sp³-hybridized carbons (Fsp3) is 0.235. The maximum absolute atomic E-state index is 9.49. The Kier molecular flexibility index (Phi) is 7.02. The minimum Gasteiger partial charge on any atom is -0.491 e. The van der Waals surface area contributed by atoms with E-state index < -0.39 is 0 Å². The predicted molar refractivity (Wildman–Crippen MR) is 95.7 cm³/mol. The third-order valence-corrected chi connectivity index (χ3v) is 3.79. The monoisotopic (exact) mass is 379 g/mol. The first-order chi connectivity index (χ1) is 12.1. The van der Waals surface area contributed by atoms with Crippen LogP contribution < -0.4 is 9.47 Å². The van der Waals surface area contributed by atoms with Crippen LogP contribution in [-0.4, -0.2) is 35.4 Å². The zero-order valence-corrected chi connectivity index (χ0v) is 14.9. The molecule has 2 aromatic heterocycles. The summed E-state index contributed by atoms with van der Waals surface area (Å²) in [6.07, 6.45) is 6.37. The summed E-state index contributed by atoms with van der Waals surface area (Å²) < 4.78 is 10.8. The van der Waals surface area contributed by atoms with Gasteiger partial charge in [-0.3, -0.25) is 9.97 Å². The van der Waals surface area contributed by atoms with E-state index in [2.05, 4.69) is 16.0 Å². The van der Waals surface area contributed by atoms with E-state index in [1.54, 1.807) is 12.1 Å². The molecular weight excluding hydrogens is 365 g/mol. The molecule has 0 aliphatic rings. The quantitative estimate of drug-likeness (QED) is 0.583. The van der Waals surface area contributed by atoms with Gasteiger partial charge in [0.05, 0.1) is 41.2 Å². The molecule has 2 heterocycles. The molecule has 0 spiro atoms. The fourth-order valence-electron chi connectivity index (χ4n) is 1.95. The normalized spacial score (nSPS) is 11.1. The topological polar surface area (TPSA) is 88.3 Å². The minimum absolute atomic E-state index is 0.0165. The number of rotatable bonds is 7. The smallest absolute Gasteiger partial charge is 0.179 e. The Morgan fingerprint density at radius 1 is 1.28 bits per heavy atom. The van der Waals surface area contributed by atoms with Crippen molar-refractivity contribution in [3.63, 3.8) is 0 Å². The van der Waals surface area contributed by atoms with Crippen molar-refractivity contribution in [1.82, 2.24) is 9.97 Å². The minimum atomic E-state index is 0.0165. The second-order valence-corrected chi connectivity index (χ2v) is 5.65. The lowest BCUT2D eigenvalue weighted by Gasteiger charge is -2.11. The van der Waals surface area contributed by atoms with Gasteiger partial charge in [-0.25, -0.2) is 0 Å². The van der Waals surface area contributed by atoms with Crippen molar-refractivity contribution < 1.29 is 14.6 Å². The van der Waals surface area contributed by atoms with Gasteiger partial charge in [-0.2, -0.15) is 5.26 Å². The Hall–Kier alpha value is -2.33. The van der Waals surface area contributed by atoms with Crippen LogP contribution in [0.5, 0.6) is 11.5 Å². The van der Waals surface area contributed by atoms with Gasteiger partial charge in [-0.15, -0.1) is 0 Å². The number of pyridine rings is 2. The first-order valence-electron chi connectivity index (χ1n) is 7.29. The molecule has 0 aromatic carbocycles. The van der Waals surface area contributed by atoms with Crippen LogP contribution in [0.4, 0.5) is 0 Å². The highest BCUT2D eigenvalue weighted by atomic mass is 35.5. The summed E-state index contributed by atoms with van der Waals surface area (Å²) in [7, 11) is 1.49. The number of methoxy groups -OCH3 is 1. The van der Waals surface area contributed by atoms with Crippen molar-refractivity contribution in [2.45, 2.75) is 6.42 Å². The van der Waals surface area contributed by atoms with Crippen molar-refractivity contribution in [3.8, 4) is 17.6 Å². The van der Waals surface area contributed by atoms with Gasteiger partial charge in [0.25, 0.3) is 0 Å². The van der Waals surface area contributed by atoms with Crippen LogP contribution in [-0.2, 0) is 0 Å². The first-order valence-corrected chi connectivity index (χ1v) is 8.05. The molecule has 0 amide bonds. The van der Waals surface area contributed by atoms with Gasteiger partial charge in [-0.05, 0) is 6.08 Å². The molecule has 0 fully saturated rings. The zero-order chi connectivity index (χ0) is 18.2. The number of hydrogen-bond donors (Lipinski definition) is 1. The average molecular weight is 380 g/mol. The number of aromatic nitrogens is 2. The molecule has 130 valence electrons. The van der Waals surface area contributed by atoms with Crippen LogP contribution >= 0.6 is 23.2 Å². The molecule has 0 aliphatic heterocycles. The van der Waals surface area contributed by atoms with Gasteiger partial charge in [0.15, 0.2) is 11.5 Å². The highest BCUT2D eigenvalue weighted by molar-refractivity contribution is 6.37. The summed E-state index contributed by atoms with van der Waals surface area (Å²) in [5.41, 5.74) is 1.12. The number of allylic oxidation sites excluding steroid dienone is 1. The molecule has 0 unspecified atom stereocenters. The molecule has 0 radical (unpaired) electrons. The average Bonchev–Trinajstić information content (AvgIpc) is 2.62. The number of halogens is 2. The molecule has 6 nitrogen and oxygen atoms in total. The number of aliphatic hydroxyl groups is 1. The van der Waals surface area contributed by atoms with Gasteiger partial charge >= 0.3 is 0 Å². The number of nitriles is 1. The largest absolute Gasteiger partial charge is 0.491 e. The lowest BCUT2D eigenvalue weighted by Crippen LogP contribution is -2.02. The maximum Gasteiger partial charge on any atom is 0.179 e. The maximum atomic E-state index is 9.49. The Bertz CT molecular complexity index is 799. The molecule has 0 saturated carbocycles. The summed E-state index contributed by atoms with van der Waals surface area (Å²) in [5, 5.41) is 19.0. The van der Waals surface area contributed by atoms with E-state index in [9.17, 15) is 5.26 Å². The summed E-state index contributed by atoms with van der Waals surface area (Å²) in [4.78, 5) is 8.10. The molecule has 0 atom stereocenters. The van der Waals surface area contributed by atoms with E-state index >= 15 is 0 Å². The Morgan fingerprint density at radius 3 is 2.60 bits per heavy atom. The molecule has 0 bridgehead atoms. The highest BCUT2D eigenvalue weighted by Gasteiger charge is 2.12. The van der Waals surface area contributed by atoms with Crippen LogP contribution in [0.2, 0.25) is 10.0 Å². The highest BCUT2D eigenvalue weighted by Crippen LogP contribution is 2.31. The molecule has 2 aromatic rings. The van der Waals surface area contributed by atoms with Gasteiger partial charge in [0, 0.05) is 37.1 Å². The van der Waals surface area contributed by atoms with Crippen molar-refractivity contribution in [3.05, 3.63) is 46.0 Å². The number of hydrogen-bond acceptors (Lipinski definition) is 6. The Morgan fingerprint density at radius 2 is 2.00 bits per heavy atom. The third kappa shape index (κ3) is 4.83. The fourth-order valence-corrected chi connectivity index (χ4v) is 2.43. The van der Waals surface area contributed by atoms with Crippen molar-refractivity contribution in [2.24, 2.45) is 0 Å². The Labute approximate surface area is 155 Å². The van der Waals surface area contributed by atoms with Crippen molar-refractivity contribution >= 4 is 34.9 Å². The molecule has 0 saturated heterocycles. The number of ether oxygens (including phenoxy) is 2. The molecule has 1 N–H and O–H groups in total. The summed E-state index contributed by atoms with van der Waals surface area (Å²) in [5.74, 6) is 0.855. The van der Waals surface area contributed by atoms with Crippen LogP contribution in [0.25, 0.3) is 11.6 Å². The van der Waals surface area contributed by atoms with E-state index in [1.165, 1.54) is 25.7 Å². The second-order valence-electron chi connectivity index (χ2n) is 4.83. The van der Waals surface area contributed by atoms with E-state index in [4.69, 9.17) is 37.8 Å². The molecular formula is C17H15Cl2N3O3. The van der Waals surface area contributed by atoms with Crippen LogP contribution in [0, 0.1) is 11.3 Å². The summed E-state index contributed by atoms with van der Waals surface area (Å²) in [6, 6.07) is 3.67. The van der Waals surface area contributed by atoms with Gasteiger partial charge in [0.2, 0.25) is 0 Å². The van der Waals surface area contributed by atoms with Crippen LogP contribution in [0.15, 0.2) is 24.7 Å². The molecule has 0 aliphatic carbocycles. The lowest BCUT2D eigenvalue weighted by molar-refractivity contribution is 0.228. The first kappa shape index (κ1) is 19.0. The van der Waals surface area contributed by atoms with E-state index in [0.29, 0.717) is 45.8 Å². The van der Waals surface area contributed by atoms with Crippen molar-refractivity contribution in [2.75, 3.05) is 20.3 Å². The van der Waals surface area contributed by atoms with Crippen LogP contribution in [0.3, 0.4) is 0 Å². The molecule has 2 rings (SSSR count). The number of nitrogens with zero attached hydrogens (tertiary/aromatic N) is 3. The standard InChI is InChI=1S/C17H15Cl2N3O3/c1-24-17-10-22-15(6-16(17)25-4-2-3-23)11(7-20)5-12-13(18)8-21-9-14(12)19/h5-6,8-10,23H,2-4H2,1H3. The predicted octanol–water partition coefficient (Wildman–Crippen LogP) is 3.62. The van der Waals surface area contributed by atoms with Gasteiger partial charge in [0.1, 0.15) is 6.07 Å². The SMILES string of the molecule is COc1cnc(C(C#N)=Cc2c(Cl)cncc2Cl)cc1OCCCO. The lowest BCUT2D eigenvalue weighted by atomic mass is 10.1. The molecule has 8 heteroatoms. The zero-order valence-electron chi connectivity index (χ0n) is 13.4. The molecule has 25 heavy (non-hydrogen) atoms. The Balaban J connectivity index is 2.42. The van der Waals surface area contributed by atoms with E-state index in [0.717, 1.165) is 0 Å². The second kappa shape index (κ2) is 9.23. The van der Waals surface area contributed by atoms with Crippen LogP contribution in [0.1, 0.15) is 17.7 Å². The van der Waals surface area contributed by atoms with E-state index in [-0.39, 0.29) is 12.2 Å². The van der Waals surface area contributed by atoms with Gasteiger partial charge < -0.3 is 14.6 Å². The van der Waals surface area contributed by atoms with Crippen molar-refractivity contribution in [1.29, 1.82) is 5.26 Å².